The summed E-state index contributed by atoms with van der Waals surface area (Å²) in [6.07, 6.45) is 4.70. The van der Waals surface area contributed by atoms with E-state index in [9.17, 15) is 9.50 Å². The van der Waals surface area contributed by atoms with E-state index in [-0.39, 0.29) is 29.4 Å². The normalized spacial score (nSPS) is 23.4. The molecule has 2 saturated heterocycles. The van der Waals surface area contributed by atoms with E-state index in [2.05, 4.69) is 25.5 Å². The summed E-state index contributed by atoms with van der Waals surface area (Å²) in [5.41, 5.74) is 1.98. The van der Waals surface area contributed by atoms with Crippen LogP contribution in [0, 0.1) is 11.3 Å². The van der Waals surface area contributed by atoms with Crippen molar-refractivity contribution in [1.29, 1.82) is 5.26 Å². The van der Waals surface area contributed by atoms with Gasteiger partial charge < -0.3 is 20.1 Å². The smallest absolute Gasteiger partial charge is 0.185 e. The van der Waals surface area contributed by atoms with E-state index in [1.807, 2.05) is 18.0 Å². The second-order valence-corrected chi connectivity index (χ2v) is 8.66. The highest BCUT2D eigenvalue weighted by molar-refractivity contribution is 5.73. The van der Waals surface area contributed by atoms with Gasteiger partial charge in [-0.2, -0.15) is 5.26 Å². The lowest BCUT2D eigenvalue weighted by atomic mass is 9.96. The van der Waals surface area contributed by atoms with Crippen LogP contribution in [0.1, 0.15) is 25.0 Å². The molecule has 0 saturated carbocycles. The number of nitrogens with zero attached hydrogens (tertiary/aromatic N) is 6. The minimum atomic E-state index is -0.975. The van der Waals surface area contributed by atoms with Crippen LogP contribution in [-0.4, -0.2) is 63.7 Å². The molecule has 0 aliphatic carbocycles. The van der Waals surface area contributed by atoms with E-state index in [4.69, 9.17) is 10.00 Å². The summed E-state index contributed by atoms with van der Waals surface area (Å²) in [7, 11) is 3.29. The van der Waals surface area contributed by atoms with Gasteiger partial charge in [-0.05, 0) is 43.0 Å². The van der Waals surface area contributed by atoms with Gasteiger partial charge in [-0.1, -0.05) is 6.07 Å². The summed E-state index contributed by atoms with van der Waals surface area (Å²) >= 11 is 0. The van der Waals surface area contributed by atoms with Crippen LogP contribution in [0.4, 0.5) is 10.2 Å². The molecule has 2 aliphatic heterocycles. The largest absolute Gasteiger partial charge is 0.507 e. The molecule has 2 aromatic heterocycles. The first-order valence-electron chi connectivity index (χ1n) is 11.1. The van der Waals surface area contributed by atoms with Gasteiger partial charge in [0.2, 0.25) is 0 Å². The number of alkyl halides is 1. The average molecular weight is 462 g/mol. The molecule has 0 radical (unpaired) electrons. The molecule has 2 aliphatic rings. The molecule has 2 fully saturated rings. The Kier molecular flexibility index (Phi) is 5.71. The van der Waals surface area contributed by atoms with Crippen molar-refractivity contribution in [3.8, 4) is 40.1 Å². The number of pyridine rings is 1. The Bertz CT molecular complexity index is 1250. The van der Waals surface area contributed by atoms with E-state index >= 15 is 0 Å². The molecule has 174 valence electrons. The van der Waals surface area contributed by atoms with Crippen LogP contribution in [0.2, 0.25) is 0 Å². The highest BCUT2D eigenvalue weighted by Gasteiger charge is 2.43. The topological polar surface area (TPSA) is 120 Å². The summed E-state index contributed by atoms with van der Waals surface area (Å²) in [5.74, 6) is 1.08. The molecular formula is C24H24FN7O2. The highest BCUT2D eigenvalue weighted by Crippen LogP contribution is 2.35. The lowest BCUT2D eigenvalue weighted by molar-refractivity contribution is 0.176. The van der Waals surface area contributed by atoms with Crippen LogP contribution >= 0.6 is 0 Å². The van der Waals surface area contributed by atoms with Crippen molar-refractivity contribution in [3.63, 3.8) is 0 Å². The van der Waals surface area contributed by atoms with Gasteiger partial charge in [-0.25, -0.2) is 14.4 Å². The number of nitrogens with one attached hydrogen (secondary N) is 1. The van der Waals surface area contributed by atoms with Gasteiger partial charge in [0.1, 0.15) is 18.0 Å². The first kappa shape index (κ1) is 22.0. The molecule has 0 amide bonds. The van der Waals surface area contributed by atoms with E-state index in [0.29, 0.717) is 34.3 Å². The molecule has 1 aromatic carbocycles. The molecule has 10 heteroatoms. The molecule has 34 heavy (non-hydrogen) atoms. The summed E-state index contributed by atoms with van der Waals surface area (Å²) < 4.78 is 20.1. The first-order chi connectivity index (χ1) is 16.5. The quantitative estimate of drug-likeness (QED) is 0.591. The number of nitriles is 1. The van der Waals surface area contributed by atoms with Crippen molar-refractivity contribution in [2.24, 2.45) is 0 Å². The fraction of sp³-hybridized carbons (Fsp3) is 0.375. The SMILES string of the molecule is COc1cc(-c2ccc(-c3ncc(N(C)[C@H]4C[C@H]5CC[C@@H](N5)[C@H]4F)nn3)c(O)c2)cnc1C#N. The van der Waals surface area contributed by atoms with E-state index in [1.165, 1.54) is 7.11 Å². The number of fused-ring (bicyclic) bond motifs is 2. The fourth-order valence-electron chi connectivity index (χ4n) is 4.81. The molecule has 5 rings (SSSR count). The second-order valence-electron chi connectivity index (χ2n) is 8.66. The van der Waals surface area contributed by atoms with Crippen LogP contribution in [0.15, 0.2) is 36.7 Å². The van der Waals surface area contributed by atoms with Crippen LogP contribution in [0.25, 0.3) is 22.5 Å². The van der Waals surface area contributed by atoms with Crippen LogP contribution in [0.3, 0.4) is 0 Å². The number of hydrogen-bond donors (Lipinski definition) is 2. The van der Waals surface area contributed by atoms with Crippen LogP contribution in [0.5, 0.6) is 11.5 Å². The second kappa shape index (κ2) is 8.83. The number of halogens is 1. The Labute approximate surface area is 196 Å². The van der Waals surface area contributed by atoms with Gasteiger partial charge in [0.05, 0.1) is 24.9 Å². The van der Waals surface area contributed by atoms with Crippen molar-refractivity contribution in [2.45, 2.75) is 43.6 Å². The number of anilines is 1. The van der Waals surface area contributed by atoms with Gasteiger partial charge >= 0.3 is 0 Å². The van der Waals surface area contributed by atoms with Gasteiger partial charge in [0.25, 0.3) is 0 Å². The summed E-state index contributed by atoms with van der Waals surface area (Å²) in [6.45, 7) is 0. The zero-order valence-corrected chi connectivity index (χ0v) is 18.8. The number of piperidine rings is 1. The van der Waals surface area contributed by atoms with Crippen LogP contribution < -0.4 is 15.0 Å². The Morgan fingerprint density at radius 3 is 2.74 bits per heavy atom. The monoisotopic (exact) mass is 461 g/mol. The van der Waals surface area contributed by atoms with Gasteiger partial charge in [-0.15, -0.1) is 10.2 Å². The number of ether oxygens (including phenoxy) is 1. The fourth-order valence-corrected chi connectivity index (χ4v) is 4.81. The van der Waals surface area contributed by atoms with Crippen molar-refractivity contribution < 1.29 is 14.2 Å². The third-order valence-electron chi connectivity index (χ3n) is 6.71. The lowest BCUT2D eigenvalue weighted by Gasteiger charge is -2.38. The summed E-state index contributed by atoms with van der Waals surface area (Å²) in [5, 5.41) is 31.5. The first-order valence-corrected chi connectivity index (χ1v) is 11.1. The average Bonchev–Trinajstić information content (AvgIpc) is 3.28. The number of phenolic OH excluding ortho intramolecular Hbond substituents is 1. The predicted octanol–water partition coefficient (Wildman–Crippen LogP) is 2.85. The van der Waals surface area contributed by atoms with Gasteiger partial charge in [0, 0.05) is 30.9 Å². The maximum Gasteiger partial charge on any atom is 0.185 e. The number of aromatic nitrogens is 4. The minimum Gasteiger partial charge on any atom is -0.507 e. The van der Waals surface area contributed by atoms with Gasteiger partial charge in [-0.3, -0.25) is 0 Å². The third kappa shape index (κ3) is 3.88. The molecule has 9 nitrogen and oxygen atoms in total. The Morgan fingerprint density at radius 1 is 1.18 bits per heavy atom. The number of rotatable bonds is 5. The van der Waals surface area contributed by atoms with Crippen molar-refractivity contribution >= 4 is 5.82 Å². The third-order valence-corrected chi connectivity index (χ3v) is 6.71. The van der Waals surface area contributed by atoms with Crippen molar-refractivity contribution in [3.05, 3.63) is 42.4 Å². The number of phenols is 1. The molecule has 4 atom stereocenters. The minimum absolute atomic E-state index is 0.0255. The predicted molar refractivity (Wildman–Crippen MR) is 123 cm³/mol. The molecule has 2 N–H and O–H groups in total. The maximum atomic E-state index is 14.9. The number of benzene rings is 1. The standard InChI is InChI=1S/C24H24FN7O2/c1-32(19-9-15-4-6-17(29-15)23(19)25)22-12-28-24(31-30-22)16-5-3-13(7-20(16)33)14-8-21(34-2)18(10-26)27-11-14/h3,5,7-8,11-12,15,17,19,23,29,33H,4,6,9H2,1-2H3/t15-,17-,19+,23-/m1/s1. The van der Waals surface area contributed by atoms with E-state index in [0.717, 1.165) is 19.3 Å². The Hall–Kier alpha value is -3.84. The van der Waals surface area contributed by atoms with Crippen molar-refractivity contribution in [2.75, 3.05) is 19.1 Å². The van der Waals surface area contributed by atoms with Gasteiger partial charge in [0.15, 0.2) is 23.1 Å². The van der Waals surface area contributed by atoms with E-state index < -0.39 is 6.17 Å². The highest BCUT2D eigenvalue weighted by atomic mass is 19.1. The zero-order chi connectivity index (χ0) is 23.8. The Morgan fingerprint density at radius 2 is 2.03 bits per heavy atom. The van der Waals surface area contributed by atoms with Crippen LogP contribution in [-0.2, 0) is 0 Å². The van der Waals surface area contributed by atoms with Crippen molar-refractivity contribution in [1.82, 2.24) is 25.5 Å². The number of hydrogen-bond acceptors (Lipinski definition) is 9. The Balaban J connectivity index is 1.36. The molecule has 2 bridgehead atoms. The molecule has 0 unspecified atom stereocenters. The summed E-state index contributed by atoms with van der Waals surface area (Å²) in [6, 6.07) is 8.68. The zero-order valence-electron chi connectivity index (χ0n) is 18.8. The molecular weight excluding hydrogens is 437 g/mol. The number of aromatic hydroxyl groups is 1. The lowest BCUT2D eigenvalue weighted by Crippen LogP contribution is -2.55. The molecule has 4 heterocycles. The number of methoxy groups -OCH3 is 1. The van der Waals surface area contributed by atoms with E-state index in [1.54, 1.807) is 36.7 Å². The summed E-state index contributed by atoms with van der Waals surface area (Å²) in [4.78, 5) is 10.3. The molecule has 3 aromatic rings. The maximum absolute atomic E-state index is 14.9. The molecule has 0 spiro atoms.